The third-order valence-electron chi connectivity index (χ3n) is 2.19. The fourth-order valence-electron chi connectivity index (χ4n) is 1.19. The summed E-state index contributed by atoms with van der Waals surface area (Å²) in [6.07, 6.45) is 0. The molecule has 0 heterocycles. The van der Waals surface area contributed by atoms with Crippen LogP contribution in [-0.2, 0) is 15.6 Å². The van der Waals surface area contributed by atoms with Crippen molar-refractivity contribution >= 4 is 15.6 Å². The highest BCUT2D eigenvalue weighted by Gasteiger charge is 2.08. The molecule has 0 unspecified atom stereocenters. The summed E-state index contributed by atoms with van der Waals surface area (Å²) >= 11 is 0. The number of ketones is 1. The van der Waals surface area contributed by atoms with E-state index < -0.39 is 9.84 Å². The van der Waals surface area contributed by atoms with Gasteiger partial charge in [0.05, 0.1) is 5.75 Å². The van der Waals surface area contributed by atoms with Gasteiger partial charge in [0.25, 0.3) is 0 Å². The van der Waals surface area contributed by atoms with Crippen LogP contribution in [0.4, 0.5) is 0 Å². The Morgan fingerprint density at radius 3 is 2.13 bits per heavy atom. The van der Waals surface area contributed by atoms with Crippen LogP contribution in [0.2, 0.25) is 0 Å². The minimum atomic E-state index is -2.99. The molecule has 0 aromatic heterocycles. The van der Waals surface area contributed by atoms with Gasteiger partial charge >= 0.3 is 0 Å². The van der Waals surface area contributed by atoms with Crippen molar-refractivity contribution in [1.82, 2.24) is 0 Å². The van der Waals surface area contributed by atoms with Gasteiger partial charge in [-0.25, -0.2) is 8.42 Å². The molecule has 0 aliphatic carbocycles. The maximum atomic E-state index is 11.3. The predicted octanol–water partition coefficient (Wildman–Crippen LogP) is 1.82. The van der Waals surface area contributed by atoms with Gasteiger partial charge in [-0.05, 0) is 12.5 Å². The molecule has 0 fully saturated rings. The Morgan fingerprint density at radius 2 is 1.73 bits per heavy atom. The first kappa shape index (κ1) is 11.9. The zero-order valence-corrected chi connectivity index (χ0v) is 9.67. The number of carbonyl (C=O) groups excluding carboxylic acids is 1. The molecule has 1 aromatic carbocycles. The molecule has 0 N–H and O–H groups in total. The lowest BCUT2D eigenvalue weighted by Gasteiger charge is -2.02. The topological polar surface area (TPSA) is 51.2 Å². The fourth-order valence-corrected chi connectivity index (χ4v) is 2.10. The Kier molecular flexibility index (Phi) is 3.63. The van der Waals surface area contributed by atoms with Crippen LogP contribution in [-0.4, -0.2) is 20.0 Å². The number of rotatable bonds is 4. The van der Waals surface area contributed by atoms with Crippen molar-refractivity contribution in [3.63, 3.8) is 0 Å². The van der Waals surface area contributed by atoms with E-state index in [4.69, 9.17) is 0 Å². The van der Waals surface area contributed by atoms with Crippen molar-refractivity contribution in [2.24, 2.45) is 0 Å². The second kappa shape index (κ2) is 4.57. The molecule has 0 spiro atoms. The zero-order chi connectivity index (χ0) is 11.5. The van der Waals surface area contributed by atoms with Gasteiger partial charge in [0, 0.05) is 11.3 Å². The lowest BCUT2D eigenvalue weighted by molar-refractivity contribution is 0.101. The van der Waals surface area contributed by atoms with Crippen molar-refractivity contribution in [1.29, 1.82) is 0 Å². The summed E-state index contributed by atoms with van der Waals surface area (Å²) in [5.74, 6) is 0.170. The number of benzene rings is 1. The van der Waals surface area contributed by atoms with E-state index in [1.807, 2.05) is 0 Å². The second-order valence-corrected chi connectivity index (χ2v) is 5.78. The fraction of sp³-hybridized carbons (Fsp3) is 0.364. The molecule has 82 valence electrons. The Morgan fingerprint density at radius 1 is 1.20 bits per heavy atom. The predicted molar refractivity (Wildman–Crippen MR) is 59.6 cm³/mol. The van der Waals surface area contributed by atoms with Crippen LogP contribution >= 0.6 is 0 Å². The lowest BCUT2D eigenvalue weighted by atomic mass is 10.1. The van der Waals surface area contributed by atoms with Crippen molar-refractivity contribution < 1.29 is 13.2 Å². The highest BCUT2D eigenvalue weighted by atomic mass is 32.2. The van der Waals surface area contributed by atoms with Crippen molar-refractivity contribution in [2.45, 2.75) is 19.6 Å². The van der Waals surface area contributed by atoms with Gasteiger partial charge in [0.2, 0.25) is 0 Å². The molecular weight excluding hydrogens is 212 g/mol. The molecule has 0 bridgehead atoms. The van der Waals surface area contributed by atoms with Crippen molar-refractivity contribution in [2.75, 3.05) is 5.75 Å². The molecule has 0 saturated carbocycles. The van der Waals surface area contributed by atoms with Gasteiger partial charge in [0.1, 0.15) is 0 Å². The van der Waals surface area contributed by atoms with Crippen LogP contribution in [0, 0.1) is 0 Å². The van der Waals surface area contributed by atoms with E-state index in [2.05, 4.69) is 0 Å². The molecule has 0 aliphatic rings. The number of Topliss-reactive ketones (excluding diaryl/α,β-unsaturated/α-hetero) is 1. The van der Waals surface area contributed by atoms with E-state index in [0.717, 1.165) is 5.56 Å². The van der Waals surface area contributed by atoms with Gasteiger partial charge in [-0.15, -0.1) is 0 Å². The van der Waals surface area contributed by atoms with Gasteiger partial charge in [-0.3, -0.25) is 4.79 Å². The van der Waals surface area contributed by atoms with Gasteiger partial charge in [-0.1, -0.05) is 31.2 Å². The maximum Gasteiger partial charge on any atom is 0.159 e. The summed E-state index contributed by atoms with van der Waals surface area (Å²) in [6.45, 7) is 3.11. The molecule has 1 rings (SSSR count). The summed E-state index contributed by atoms with van der Waals surface area (Å²) in [4.78, 5) is 11.0. The molecule has 4 heteroatoms. The minimum absolute atomic E-state index is 0.0140. The summed E-state index contributed by atoms with van der Waals surface area (Å²) in [5, 5.41) is 0. The van der Waals surface area contributed by atoms with E-state index in [9.17, 15) is 13.2 Å². The Hall–Kier alpha value is -1.16. The van der Waals surface area contributed by atoms with Crippen molar-refractivity contribution in [3.8, 4) is 0 Å². The van der Waals surface area contributed by atoms with Crippen LogP contribution in [0.1, 0.15) is 29.8 Å². The third kappa shape index (κ3) is 3.47. The van der Waals surface area contributed by atoms with E-state index in [1.54, 1.807) is 31.2 Å². The van der Waals surface area contributed by atoms with Crippen LogP contribution in [0.5, 0.6) is 0 Å². The maximum absolute atomic E-state index is 11.3. The average molecular weight is 226 g/mol. The van der Waals surface area contributed by atoms with Gasteiger partial charge in [0.15, 0.2) is 15.6 Å². The molecule has 1 aromatic rings. The molecule has 0 saturated heterocycles. The zero-order valence-electron chi connectivity index (χ0n) is 8.86. The van der Waals surface area contributed by atoms with Gasteiger partial charge < -0.3 is 0 Å². The van der Waals surface area contributed by atoms with Crippen molar-refractivity contribution in [3.05, 3.63) is 35.4 Å². The molecule has 0 radical (unpaired) electrons. The van der Waals surface area contributed by atoms with Crippen LogP contribution in [0.3, 0.4) is 0 Å². The van der Waals surface area contributed by atoms with Crippen LogP contribution in [0.15, 0.2) is 24.3 Å². The van der Waals surface area contributed by atoms with E-state index in [-0.39, 0.29) is 17.3 Å². The largest absolute Gasteiger partial charge is 0.295 e. The standard InChI is InChI=1S/C11H14O3S/c1-3-15(13,14)8-10-4-6-11(7-5-10)9(2)12/h4-7H,3,8H2,1-2H3. The first-order valence-electron chi connectivity index (χ1n) is 4.75. The van der Waals surface area contributed by atoms with E-state index in [0.29, 0.717) is 5.56 Å². The molecule has 0 amide bonds. The monoisotopic (exact) mass is 226 g/mol. The minimum Gasteiger partial charge on any atom is -0.295 e. The normalized spacial score (nSPS) is 11.3. The smallest absolute Gasteiger partial charge is 0.159 e. The molecule has 0 atom stereocenters. The van der Waals surface area contributed by atoms with E-state index in [1.165, 1.54) is 6.92 Å². The first-order chi connectivity index (χ1) is 6.94. The molecule has 3 nitrogen and oxygen atoms in total. The van der Waals surface area contributed by atoms with Crippen LogP contribution in [0.25, 0.3) is 0 Å². The Bertz CT molecular complexity index is 443. The summed E-state index contributed by atoms with van der Waals surface area (Å²) < 4.78 is 22.6. The van der Waals surface area contributed by atoms with Gasteiger partial charge in [-0.2, -0.15) is 0 Å². The quantitative estimate of drug-likeness (QED) is 0.736. The number of hydrogen-bond acceptors (Lipinski definition) is 3. The van der Waals surface area contributed by atoms with E-state index >= 15 is 0 Å². The lowest BCUT2D eigenvalue weighted by Crippen LogP contribution is -2.06. The van der Waals surface area contributed by atoms with Crippen LogP contribution < -0.4 is 0 Å². The number of sulfone groups is 1. The third-order valence-corrected chi connectivity index (χ3v) is 3.84. The average Bonchev–Trinajstić information content (AvgIpc) is 2.18. The molecule has 0 aliphatic heterocycles. The number of hydrogen-bond donors (Lipinski definition) is 0. The SMILES string of the molecule is CCS(=O)(=O)Cc1ccc(C(C)=O)cc1. The summed E-state index contributed by atoms with van der Waals surface area (Å²) in [7, 11) is -2.99. The highest BCUT2D eigenvalue weighted by molar-refractivity contribution is 7.90. The number of carbonyl (C=O) groups is 1. The highest BCUT2D eigenvalue weighted by Crippen LogP contribution is 2.09. The Labute approximate surface area is 90.0 Å². The molecule has 15 heavy (non-hydrogen) atoms. The summed E-state index contributed by atoms with van der Waals surface area (Å²) in [6, 6.07) is 6.68. The molecular formula is C11H14O3S. The Balaban J connectivity index is 2.86. The second-order valence-electron chi connectivity index (χ2n) is 3.43. The first-order valence-corrected chi connectivity index (χ1v) is 6.57. The summed E-state index contributed by atoms with van der Waals surface area (Å²) in [5.41, 5.74) is 1.33.